The first-order valence-electron chi connectivity index (χ1n) is 4.93. The lowest BCUT2D eigenvalue weighted by Crippen LogP contribution is -2.35. The van der Waals surface area contributed by atoms with Crippen LogP contribution in [0.15, 0.2) is 0 Å². The van der Waals surface area contributed by atoms with Gasteiger partial charge in [-0.2, -0.15) is 0 Å². The summed E-state index contributed by atoms with van der Waals surface area (Å²) >= 11 is 0. The fourth-order valence-corrected chi connectivity index (χ4v) is 0.763. The van der Waals surface area contributed by atoms with Gasteiger partial charge in [0.15, 0.2) is 0 Å². The van der Waals surface area contributed by atoms with Gasteiger partial charge in [0.25, 0.3) is 0 Å². The number of aliphatic carboxylic acids is 4. The van der Waals surface area contributed by atoms with E-state index in [9.17, 15) is 19.2 Å². The molecule has 0 aliphatic carbocycles. The number of nitrogens with one attached hydrogen (secondary N) is 1. The van der Waals surface area contributed by atoms with E-state index in [0.29, 0.717) is 0 Å². The minimum atomic E-state index is -1.29. The Labute approximate surface area is 107 Å². The Hall–Kier alpha value is -2.20. The average Bonchev–Trinajstić information content (AvgIpc) is 2.25. The van der Waals surface area contributed by atoms with Gasteiger partial charge in [0, 0.05) is 0 Å². The summed E-state index contributed by atoms with van der Waals surface area (Å²) in [7, 11) is 1.40. The zero-order valence-electron chi connectivity index (χ0n) is 10.1. The highest BCUT2D eigenvalue weighted by Crippen LogP contribution is 1.90. The molecule has 0 aliphatic heterocycles. The third-order valence-electron chi connectivity index (χ3n) is 1.74. The van der Waals surface area contributed by atoms with Crippen LogP contribution in [0.1, 0.15) is 12.8 Å². The molecule has 0 aromatic carbocycles. The molecule has 7 N–H and O–H groups in total. The first kappa shape index (κ1) is 19.1. The molecular weight excluding hydrogens is 264 g/mol. The van der Waals surface area contributed by atoms with Crippen LogP contribution in [0.3, 0.4) is 0 Å². The number of nitrogens with two attached hydrogens (primary N) is 1. The van der Waals surface area contributed by atoms with E-state index in [1.807, 2.05) is 0 Å². The molecule has 19 heavy (non-hydrogen) atoms. The molecule has 0 rings (SSSR count). The molecule has 0 spiro atoms. The van der Waals surface area contributed by atoms with E-state index < -0.39 is 48.8 Å². The first-order valence-corrected chi connectivity index (χ1v) is 4.93. The van der Waals surface area contributed by atoms with Gasteiger partial charge in [0.1, 0.15) is 12.1 Å². The van der Waals surface area contributed by atoms with Gasteiger partial charge in [-0.15, -0.1) is 0 Å². The van der Waals surface area contributed by atoms with Gasteiger partial charge >= 0.3 is 23.9 Å². The maximum atomic E-state index is 10.1. The SMILES string of the molecule is CN[C@H](CC(=O)O)C(=O)O.N[C@@H](CC(=O)O)C(=O)O. The van der Waals surface area contributed by atoms with Crippen LogP contribution in [0.2, 0.25) is 0 Å². The van der Waals surface area contributed by atoms with Crippen molar-refractivity contribution in [1.29, 1.82) is 0 Å². The number of carboxylic acid groups (broad SMARTS) is 4. The minimum absolute atomic E-state index is 0.397. The highest BCUT2D eigenvalue weighted by molar-refractivity contribution is 5.80. The maximum absolute atomic E-state index is 10.1. The first-order chi connectivity index (χ1) is 8.61. The highest BCUT2D eigenvalue weighted by atomic mass is 16.4. The fraction of sp³-hybridized carbons (Fsp3) is 0.556. The zero-order valence-corrected chi connectivity index (χ0v) is 10.1. The van der Waals surface area contributed by atoms with Gasteiger partial charge in [-0.3, -0.25) is 19.2 Å². The van der Waals surface area contributed by atoms with Crippen LogP contribution in [-0.4, -0.2) is 63.4 Å². The molecule has 0 amide bonds. The van der Waals surface area contributed by atoms with Gasteiger partial charge in [0.05, 0.1) is 12.8 Å². The topological polar surface area (TPSA) is 187 Å². The summed E-state index contributed by atoms with van der Waals surface area (Å²) in [4.78, 5) is 39.7. The second kappa shape index (κ2) is 9.79. The lowest BCUT2D eigenvalue weighted by Gasteiger charge is -2.06. The third kappa shape index (κ3) is 12.1. The highest BCUT2D eigenvalue weighted by Gasteiger charge is 2.17. The predicted octanol–water partition coefficient (Wildman–Crippen LogP) is -1.99. The molecule has 2 atom stereocenters. The molecule has 0 saturated carbocycles. The standard InChI is InChI=1S/C5H9NO4.C4H7NO4/c1-6-3(5(9)10)2-4(7)8;5-2(4(8)9)1-3(6)7/h3,6H,2H2,1H3,(H,7,8)(H,9,10);2H,1,5H2,(H,6,7)(H,8,9)/t3-;2-/m10/s1. The van der Waals surface area contributed by atoms with E-state index in [1.165, 1.54) is 7.05 Å². The molecule has 0 unspecified atom stereocenters. The molecule has 0 bridgehead atoms. The Morgan fingerprint density at radius 1 is 0.947 bits per heavy atom. The number of hydrogen-bond acceptors (Lipinski definition) is 6. The van der Waals surface area contributed by atoms with E-state index in [0.717, 1.165) is 0 Å². The van der Waals surface area contributed by atoms with E-state index >= 15 is 0 Å². The lowest BCUT2D eigenvalue weighted by atomic mass is 10.2. The number of carboxylic acids is 4. The fourth-order valence-electron chi connectivity index (χ4n) is 0.763. The van der Waals surface area contributed by atoms with Crippen molar-refractivity contribution in [2.24, 2.45) is 5.73 Å². The molecule has 110 valence electrons. The largest absolute Gasteiger partial charge is 0.481 e. The Bertz CT molecular complexity index is 343. The second-order valence-electron chi connectivity index (χ2n) is 3.32. The average molecular weight is 280 g/mol. The van der Waals surface area contributed by atoms with Crippen molar-refractivity contribution in [1.82, 2.24) is 5.32 Å². The molecule has 0 aliphatic rings. The van der Waals surface area contributed by atoms with Gasteiger partial charge in [-0.1, -0.05) is 0 Å². The molecule has 0 aromatic rings. The number of likely N-dealkylation sites (N-methyl/N-ethyl adjacent to an activating group) is 1. The van der Waals surface area contributed by atoms with Crippen molar-refractivity contribution >= 4 is 23.9 Å². The molecule has 0 saturated heterocycles. The third-order valence-corrected chi connectivity index (χ3v) is 1.74. The number of hydrogen-bond donors (Lipinski definition) is 6. The molecule has 0 radical (unpaired) electrons. The van der Waals surface area contributed by atoms with Crippen LogP contribution in [-0.2, 0) is 19.2 Å². The Morgan fingerprint density at radius 3 is 1.47 bits per heavy atom. The normalized spacial score (nSPS) is 12.5. The second-order valence-corrected chi connectivity index (χ2v) is 3.32. The number of carbonyl (C=O) groups is 4. The number of rotatable bonds is 7. The van der Waals surface area contributed by atoms with Crippen molar-refractivity contribution in [3.05, 3.63) is 0 Å². The zero-order chi connectivity index (χ0) is 15.6. The molecule has 10 nitrogen and oxygen atoms in total. The van der Waals surface area contributed by atoms with E-state index in [1.54, 1.807) is 0 Å². The summed E-state index contributed by atoms with van der Waals surface area (Å²) in [5.41, 5.74) is 4.84. The van der Waals surface area contributed by atoms with E-state index in [2.05, 4.69) is 5.32 Å². The van der Waals surface area contributed by atoms with Crippen LogP contribution < -0.4 is 11.1 Å². The van der Waals surface area contributed by atoms with Gasteiger partial charge in [0.2, 0.25) is 0 Å². The van der Waals surface area contributed by atoms with Crippen molar-refractivity contribution in [3.63, 3.8) is 0 Å². The van der Waals surface area contributed by atoms with Crippen molar-refractivity contribution < 1.29 is 39.6 Å². The summed E-state index contributed by atoms with van der Waals surface area (Å²) in [5.74, 6) is -4.77. The van der Waals surface area contributed by atoms with Crippen LogP contribution >= 0.6 is 0 Å². The van der Waals surface area contributed by atoms with Gasteiger partial charge in [-0.25, -0.2) is 0 Å². The summed E-state index contributed by atoms with van der Waals surface area (Å²) in [6, 6.07) is -2.28. The molecule has 0 aromatic heterocycles. The van der Waals surface area contributed by atoms with Crippen molar-refractivity contribution in [2.45, 2.75) is 24.9 Å². The monoisotopic (exact) mass is 280 g/mol. The molecule has 0 heterocycles. The summed E-state index contributed by atoms with van der Waals surface area (Å²) in [6.45, 7) is 0. The van der Waals surface area contributed by atoms with E-state index in [-0.39, 0.29) is 0 Å². The Kier molecular flexibility index (Phi) is 9.87. The van der Waals surface area contributed by atoms with Crippen LogP contribution in [0.25, 0.3) is 0 Å². The minimum Gasteiger partial charge on any atom is -0.481 e. The Balaban J connectivity index is 0. The van der Waals surface area contributed by atoms with E-state index in [4.69, 9.17) is 26.2 Å². The Morgan fingerprint density at radius 2 is 1.37 bits per heavy atom. The van der Waals surface area contributed by atoms with Crippen LogP contribution in [0, 0.1) is 0 Å². The lowest BCUT2D eigenvalue weighted by molar-refractivity contribution is -0.145. The van der Waals surface area contributed by atoms with Crippen LogP contribution in [0.4, 0.5) is 0 Å². The molecular formula is C9H16N2O8. The smallest absolute Gasteiger partial charge is 0.321 e. The predicted molar refractivity (Wildman–Crippen MR) is 60.6 cm³/mol. The summed E-state index contributed by atoms with van der Waals surface area (Å²) in [6.07, 6.45) is -0.929. The van der Waals surface area contributed by atoms with Crippen molar-refractivity contribution in [2.75, 3.05) is 7.05 Å². The van der Waals surface area contributed by atoms with Gasteiger partial charge in [-0.05, 0) is 7.05 Å². The summed E-state index contributed by atoms with van der Waals surface area (Å²) in [5, 5.41) is 34.8. The maximum Gasteiger partial charge on any atom is 0.321 e. The van der Waals surface area contributed by atoms with Gasteiger partial charge < -0.3 is 31.5 Å². The summed E-state index contributed by atoms with van der Waals surface area (Å²) < 4.78 is 0. The van der Waals surface area contributed by atoms with Crippen LogP contribution in [0.5, 0.6) is 0 Å². The molecule has 0 fully saturated rings. The van der Waals surface area contributed by atoms with Crippen molar-refractivity contribution in [3.8, 4) is 0 Å². The molecule has 10 heteroatoms. The quantitative estimate of drug-likeness (QED) is 0.304.